The summed E-state index contributed by atoms with van der Waals surface area (Å²) in [6.45, 7) is 9.86. The maximum absolute atomic E-state index is 9.56. The zero-order valence-corrected chi connectivity index (χ0v) is 14.4. The lowest BCUT2D eigenvalue weighted by Gasteiger charge is -2.26. The maximum atomic E-state index is 9.56. The summed E-state index contributed by atoms with van der Waals surface area (Å²) < 4.78 is 11.3. The highest BCUT2D eigenvalue weighted by atomic mass is 16.5. The van der Waals surface area contributed by atoms with Gasteiger partial charge in [-0.25, -0.2) is 0 Å². The lowest BCUT2D eigenvalue weighted by molar-refractivity contribution is 0.128. The van der Waals surface area contributed by atoms with E-state index >= 15 is 0 Å². The predicted octanol–water partition coefficient (Wildman–Crippen LogP) is 2.91. The molecule has 2 unspecified atom stereocenters. The topological polar surface area (TPSA) is 50.7 Å². The number of benzene rings is 1. The molecular formula is C18H29NO3. The highest BCUT2D eigenvalue weighted by Gasteiger charge is 2.24. The molecule has 0 saturated heterocycles. The highest BCUT2D eigenvalue weighted by molar-refractivity contribution is 5.49. The molecule has 4 nitrogen and oxygen atoms in total. The number of hydrogen-bond acceptors (Lipinski definition) is 4. The van der Waals surface area contributed by atoms with Crippen molar-refractivity contribution in [2.75, 3.05) is 13.7 Å². The summed E-state index contributed by atoms with van der Waals surface area (Å²) in [6, 6.07) is 4.12. The third-order valence-electron chi connectivity index (χ3n) is 4.05. The van der Waals surface area contributed by atoms with E-state index in [-0.39, 0.29) is 17.6 Å². The van der Waals surface area contributed by atoms with Gasteiger partial charge in [0.1, 0.15) is 17.6 Å². The van der Waals surface area contributed by atoms with E-state index in [1.807, 2.05) is 13.0 Å². The molecule has 1 heterocycles. The molecular weight excluding hydrogens is 278 g/mol. The van der Waals surface area contributed by atoms with E-state index in [2.05, 4.69) is 32.2 Å². The van der Waals surface area contributed by atoms with E-state index in [1.54, 1.807) is 7.11 Å². The molecule has 0 amide bonds. The van der Waals surface area contributed by atoms with Crippen LogP contribution in [0.2, 0.25) is 0 Å². The van der Waals surface area contributed by atoms with Crippen LogP contribution >= 0.6 is 0 Å². The number of aliphatic hydroxyl groups excluding tert-OH is 1. The second-order valence-electron chi connectivity index (χ2n) is 7.23. The van der Waals surface area contributed by atoms with E-state index in [0.29, 0.717) is 0 Å². The van der Waals surface area contributed by atoms with Gasteiger partial charge in [-0.3, -0.25) is 0 Å². The largest absolute Gasteiger partial charge is 0.497 e. The van der Waals surface area contributed by atoms with Crippen LogP contribution in [0.1, 0.15) is 45.2 Å². The number of ether oxygens (including phenoxy) is 2. The monoisotopic (exact) mass is 307 g/mol. The van der Waals surface area contributed by atoms with Crippen LogP contribution in [0.25, 0.3) is 0 Å². The Kier molecular flexibility index (Phi) is 5.35. The number of methoxy groups -OCH3 is 1. The Morgan fingerprint density at radius 3 is 2.82 bits per heavy atom. The van der Waals surface area contributed by atoms with Crippen molar-refractivity contribution in [2.45, 2.75) is 59.3 Å². The molecule has 0 saturated carbocycles. The third kappa shape index (κ3) is 4.37. The van der Waals surface area contributed by atoms with Gasteiger partial charge in [0.05, 0.1) is 13.2 Å². The highest BCUT2D eigenvalue weighted by Crippen LogP contribution is 2.36. The fourth-order valence-corrected chi connectivity index (χ4v) is 3.23. The van der Waals surface area contributed by atoms with Crippen molar-refractivity contribution in [1.82, 2.24) is 5.32 Å². The van der Waals surface area contributed by atoms with Gasteiger partial charge < -0.3 is 19.9 Å². The van der Waals surface area contributed by atoms with E-state index < -0.39 is 0 Å². The number of nitrogens with one attached hydrogen (secondary N) is 1. The van der Waals surface area contributed by atoms with Crippen molar-refractivity contribution in [3.8, 4) is 11.5 Å². The van der Waals surface area contributed by atoms with Crippen LogP contribution in [0.4, 0.5) is 0 Å². The molecule has 22 heavy (non-hydrogen) atoms. The normalized spacial score (nSPS) is 18.7. The average molecular weight is 307 g/mol. The van der Waals surface area contributed by atoms with Gasteiger partial charge in [-0.2, -0.15) is 0 Å². The van der Waals surface area contributed by atoms with E-state index in [1.165, 1.54) is 5.56 Å². The van der Waals surface area contributed by atoms with Gasteiger partial charge in [0.2, 0.25) is 0 Å². The lowest BCUT2D eigenvalue weighted by atomic mass is 9.87. The third-order valence-corrected chi connectivity index (χ3v) is 4.05. The first-order chi connectivity index (χ1) is 10.3. The molecule has 4 heteroatoms. The van der Waals surface area contributed by atoms with Crippen molar-refractivity contribution in [3.05, 3.63) is 23.3 Å². The minimum atomic E-state index is -0.276. The van der Waals surface area contributed by atoms with Crippen LogP contribution in [-0.4, -0.2) is 31.0 Å². The van der Waals surface area contributed by atoms with Crippen molar-refractivity contribution >= 4 is 0 Å². The Bertz CT molecular complexity index is 511. The minimum absolute atomic E-state index is 0.0599. The molecule has 1 aliphatic heterocycles. The molecule has 0 aromatic heterocycles. The lowest BCUT2D eigenvalue weighted by Crippen LogP contribution is -2.31. The zero-order valence-electron chi connectivity index (χ0n) is 14.4. The van der Waals surface area contributed by atoms with Crippen LogP contribution < -0.4 is 14.8 Å². The smallest absolute Gasteiger partial charge is 0.127 e. The average Bonchev–Trinajstić information content (AvgIpc) is 2.77. The van der Waals surface area contributed by atoms with Gasteiger partial charge in [0, 0.05) is 30.6 Å². The van der Waals surface area contributed by atoms with Gasteiger partial charge in [0.25, 0.3) is 0 Å². The van der Waals surface area contributed by atoms with Crippen LogP contribution in [0, 0.1) is 5.41 Å². The quantitative estimate of drug-likeness (QED) is 0.813. The second kappa shape index (κ2) is 6.88. The van der Waals surface area contributed by atoms with Gasteiger partial charge in [0.15, 0.2) is 0 Å². The predicted molar refractivity (Wildman–Crippen MR) is 88.6 cm³/mol. The van der Waals surface area contributed by atoms with Gasteiger partial charge in [-0.05, 0) is 37.8 Å². The Labute approximate surface area is 133 Å². The molecule has 2 rings (SSSR count). The zero-order chi connectivity index (χ0) is 16.3. The summed E-state index contributed by atoms with van der Waals surface area (Å²) in [7, 11) is 1.70. The SMILES string of the molecule is COc1cc(CNCC(C)(C)CC(C)O)c2c(c1)CC(C)O2. The molecule has 1 aromatic carbocycles. The van der Waals surface area contributed by atoms with Gasteiger partial charge in [-0.15, -0.1) is 0 Å². The van der Waals surface area contributed by atoms with E-state index in [0.717, 1.165) is 43.0 Å². The molecule has 0 radical (unpaired) electrons. The van der Waals surface area contributed by atoms with E-state index in [4.69, 9.17) is 9.47 Å². The van der Waals surface area contributed by atoms with Crippen LogP contribution in [-0.2, 0) is 13.0 Å². The number of aliphatic hydroxyl groups is 1. The number of hydrogen-bond donors (Lipinski definition) is 2. The Balaban J connectivity index is 2.03. The Morgan fingerprint density at radius 1 is 1.45 bits per heavy atom. The molecule has 2 N–H and O–H groups in total. The standard InChI is InChI=1S/C18H29NO3/c1-12(20)9-18(3,4)11-19-10-15-8-16(21-5)7-14-6-13(2)22-17(14)15/h7-8,12-13,19-20H,6,9-11H2,1-5H3. The molecule has 1 aromatic rings. The number of rotatable bonds is 7. The molecule has 0 fully saturated rings. The first-order valence-corrected chi connectivity index (χ1v) is 8.06. The fourth-order valence-electron chi connectivity index (χ4n) is 3.23. The molecule has 0 spiro atoms. The maximum Gasteiger partial charge on any atom is 0.127 e. The van der Waals surface area contributed by atoms with Crippen molar-refractivity contribution in [2.24, 2.45) is 5.41 Å². The molecule has 0 bridgehead atoms. The number of fused-ring (bicyclic) bond motifs is 1. The summed E-state index contributed by atoms with van der Waals surface area (Å²) in [6.07, 6.45) is 1.67. The van der Waals surface area contributed by atoms with Crippen LogP contribution in [0.5, 0.6) is 11.5 Å². The summed E-state index contributed by atoms with van der Waals surface area (Å²) in [5.74, 6) is 1.89. The van der Waals surface area contributed by atoms with E-state index in [9.17, 15) is 5.11 Å². The van der Waals surface area contributed by atoms with Gasteiger partial charge >= 0.3 is 0 Å². The minimum Gasteiger partial charge on any atom is -0.497 e. The van der Waals surface area contributed by atoms with Crippen LogP contribution in [0.15, 0.2) is 12.1 Å². The van der Waals surface area contributed by atoms with Crippen molar-refractivity contribution in [1.29, 1.82) is 0 Å². The first-order valence-electron chi connectivity index (χ1n) is 8.06. The van der Waals surface area contributed by atoms with Crippen molar-refractivity contribution < 1.29 is 14.6 Å². The summed E-state index contributed by atoms with van der Waals surface area (Å²) in [5.41, 5.74) is 2.43. The van der Waals surface area contributed by atoms with Crippen LogP contribution in [0.3, 0.4) is 0 Å². The summed E-state index contributed by atoms with van der Waals surface area (Å²) in [4.78, 5) is 0. The Hall–Kier alpha value is -1.26. The summed E-state index contributed by atoms with van der Waals surface area (Å²) in [5, 5.41) is 13.1. The molecule has 0 aliphatic carbocycles. The fraction of sp³-hybridized carbons (Fsp3) is 0.667. The first kappa shape index (κ1) is 17.1. The second-order valence-corrected chi connectivity index (χ2v) is 7.23. The molecule has 1 aliphatic rings. The molecule has 2 atom stereocenters. The van der Waals surface area contributed by atoms with Crippen molar-refractivity contribution in [3.63, 3.8) is 0 Å². The van der Waals surface area contributed by atoms with Gasteiger partial charge in [-0.1, -0.05) is 13.8 Å². The molecule has 124 valence electrons. The summed E-state index contributed by atoms with van der Waals surface area (Å²) >= 11 is 0. The Morgan fingerprint density at radius 2 is 2.18 bits per heavy atom.